The first-order valence-electron chi connectivity index (χ1n) is 6.49. The van der Waals surface area contributed by atoms with E-state index in [0.717, 1.165) is 6.42 Å². The van der Waals surface area contributed by atoms with E-state index in [9.17, 15) is 19.7 Å². The predicted octanol–water partition coefficient (Wildman–Crippen LogP) is 1.02. The number of nitrogens with two attached hydrogens (primary N) is 1. The minimum Gasteiger partial charge on any atom is -0.368 e. The summed E-state index contributed by atoms with van der Waals surface area (Å²) >= 11 is 0. The number of hydrogen-bond donors (Lipinski definition) is 3. The molecule has 4 N–H and O–H groups in total. The zero-order valence-electron chi connectivity index (χ0n) is 11.9. The largest absolute Gasteiger partial charge is 0.368 e. The van der Waals surface area contributed by atoms with E-state index in [1.165, 1.54) is 18.2 Å². The predicted molar refractivity (Wildman–Crippen MR) is 78.0 cm³/mol. The number of amides is 2. The molecule has 8 heteroatoms. The van der Waals surface area contributed by atoms with Gasteiger partial charge in [-0.3, -0.25) is 19.7 Å². The van der Waals surface area contributed by atoms with Crippen LogP contribution in [0.4, 0.5) is 11.4 Å². The number of carbonyl (C=O) groups excluding carboxylic acids is 2. The van der Waals surface area contributed by atoms with Crippen LogP contribution in [-0.2, 0) is 4.79 Å². The van der Waals surface area contributed by atoms with E-state index in [0.29, 0.717) is 6.54 Å². The van der Waals surface area contributed by atoms with E-state index in [2.05, 4.69) is 10.6 Å². The summed E-state index contributed by atoms with van der Waals surface area (Å²) in [6.07, 6.45) is 0.787. The highest BCUT2D eigenvalue weighted by Gasteiger charge is 2.20. The molecule has 0 aliphatic carbocycles. The fourth-order valence-electron chi connectivity index (χ4n) is 1.66. The fourth-order valence-corrected chi connectivity index (χ4v) is 1.66. The second kappa shape index (κ2) is 7.22. The summed E-state index contributed by atoms with van der Waals surface area (Å²) in [6.45, 7) is 4.01. The summed E-state index contributed by atoms with van der Waals surface area (Å²) in [4.78, 5) is 33.3. The Morgan fingerprint density at radius 1 is 1.43 bits per heavy atom. The third-order valence-electron chi connectivity index (χ3n) is 2.79. The Balaban J connectivity index is 2.98. The molecule has 0 aromatic heterocycles. The molecule has 1 aromatic rings. The maximum Gasteiger partial charge on any atom is 0.292 e. The summed E-state index contributed by atoms with van der Waals surface area (Å²) in [5, 5.41) is 16.4. The molecule has 1 unspecified atom stereocenters. The molecule has 1 atom stereocenters. The lowest BCUT2D eigenvalue weighted by atomic mass is 10.1. The minimum absolute atomic E-state index is 0.0791. The van der Waals surface area contributed by atoms with Crippen LogP contribution in [0.3, 0.4) is 0 Å². The van der Waals surface area contributed by atoms with Crippen LogP contribution in [0.25, 0.3) is 0 Å². The van der Waals surface area contributed by atoms with Crippen LogP contribution in [0.1, 0.15) is 30.6 Å². The van der Waals surface area contributed by atoms with Crippen molar-refractivity contribution in [1.82, 2.24) is 5.32 Å². The van der Waals surface area contributed by atoms with Gasteiger partial charge in [-0.1, -0.05) is 6.92 Å². The van der Waals surface area contributed by atoms with Gasteiger partial charge in [0.25, 0.3) is 5.69 Å². The van der Waals surface area contributed by atoms with Gasteiger partial charge in [0.1, 0.15) is 11.7 Å². The van der Waals surface area contributed by atoms with Gasteiger partial charge in [-0.15, -0.1) is 0 Å². The van der Waals surface area contributed by atoms with E-state index in [1.807, 2.05) is 6.92 Å². The average Bonchev–Trinajstić information content (AvgIpc) is 2.44. The van der Waals surface area contributed by atoms with Crippen LogP contribution in [0.15, 0.2) is 18.2 Å². The topological polar surface area (TPSA) is 127 Å². The number of nitrogens with one attached hydrogen (secondary N) is 2. The highest BCUT2D eigenvalue weighted by atomic mass is 16.6. The zero-order chi connectivity index (χ0) is 16.0. The standard InChI is InChI=1S/C13H18N4O4/c1-3-6-15-13(19)8(2)16-10-7-9(12(14)18)4-5-11(10)17(20)21/h4-5,7-8,16H,3,6H2,1-2H3,(H2,14,18)(H,15,19). The van der Waals surface area contributed by atoms with Crippen LogP contribution < -0.4 is 16.4 Å². The van der Waals surface area contributed by atoms with Crippen molar-refractivity contribution in [3.63, 3.8) is 0 Å². The molecule has 1 rings (SSSR count). The molecular formula is C13H18N4O4. The first-order valence-corrected chi connectivity index (χ1v) is 6.49. The molecule has 114 valence electrons. The van der Waals surface area contributed by atoms with Gasteiger partial charge in [0.05, 0.1) is 4.92 Å². The summed E-state index contributed by atoms with van der Waals surface area (Å²) in [7, 11) is 0. The number of carbonyl (C=O) groups is 2. The van der Waals surface area contributed by atoms with Crippen molar-refractivity contribution in [2.75, 3.05) is 11.9 Å². The summed E-state index contributed by atoms with van der Waals surface area (Å²) in [5.74, 6) is -0.980. The number of rotatable bonds is 7. The Bertz CT molecular complexity index is 559. The Morgan fingerprint density at radius 2 is 2.10 bits per heavy atom. The first kappa shape index (κ1) is 16.4. The van der Waals surface area contributed by atoms with Crippen LogP contribution in [-0.4, -0.2) is 29.3 Å². The molecule has 8 nitrogen and oxygen atoms in total. The SMILES string of the molecule is CCCNC(=O)C(C)Nc1cc(C(N)=O)ccc1[N+](=O)[O-]. The molecule has 0 radical (unpaired) electrons. The summed E-state index contributed by atoms with van der Waals surface area (Å²) < 4.78 is 0. The average molecular weight is 294 g/mol. The summed E-state index contributed by atoms with van der Waals surface area (Å²) in [5.41, 5.74) is 5.13. The van der Waals surface area contributed by atoms with Crippen LogP contribution in [0.2, 0.25) is 0 Å². The van der Waals surface area contributed by atoms with E-state index < -0.39 is 16.9 Å². The van der Waals surface area contributed by atoms with Gasteiger partial charge in [0.15, 0.2) is 0 Å². The van der Waals surface area contributed by atoms with Crippen molar-refractivity contribution >= 4 is 23.2 Å². The molecule has 0 spiro atoms. The molecule has 0 heterocycles. The lowest BCUT2D eigenvalue weighted by Crippen LogP contribution is -2.38. The van der Waals surface area contributed by atoms with Gasteiger partial charge in [-0.05, 0) is 25.5 Å². The minimum atomic E-state index is -0.698. The Kier molecular flexibility index (Phi) is 5.65. The van der Waals surface area contributed by atoms with Crippen molar-refractivity contribution in [2.45, 2.75) is 26.3 Å². The van der Waals surface area contributed by atoms with Crippen molar-refractivity contribution in [3.8, 4) is 0 Å². The second-order valence-electron chi connectivity index (χ2n) is 4.51. The maximum atomic E-state index is 11.8. The molecular weight excluding hydrogens is 276 g/mol. The second-order valence-corrected chi connectivity index (χ2v) is 4.51. The van der Waals surface area contributed by atoms with Crippen molar-refractivity contribution < 1.29 is 14.5 Å². The molecule has 0 fully saturated rings. The van der Waals surface area contributed by atoms with E-state index in [4.69, 9.17) is 5.73 Å². The van der Waals surface area contributed by atoms with E-state index in [1.54, 1.807) is 6.92 Å². The lowest BCUT2D eigenvalue weighted by Gasteiger charge is -2.15. The van der Waals surface area contributed by atoms with E-state index >= 15 is 0 Å². The molecule has 0 saturated heterocycles. The summed E-state index contributed by atoms with van der Waals surface area (Å²) in [6, 6.07) is 3.04. The fraction of sp³-hybridized carbons (Fsp3) is 0.385. The quantitative estimate of drug-likeness (QED) is 0.511. The zero-order valence-corrected chi connectivity index (χ0v) is 11.9. The molecule has 0 saturated carbocycles. The van der Waals surface area contributed by atoms with Gasteiger partial charge >= 0.3 is 0 Å². The monoisotopic (exact) mass is 294 g/mol. The third-order valence-corrected chi connectivity index (χ3v) is 2.79. The first-order chi connectivity index (χ1) is 9.86. The van der Waals surface area contributed by atoms with Gasteiger partial charge in [-0.25, -0.2) is 0 Å². The van der Waals surface area contributed by atoms with E-state index in [-0.39, 0.29) is 22.8 Å². The molecule has 0 aliphatic heterocycles. The number of nitrogens with zero attached hydrogens (tertiary/aromatic N) is 1. The van der Waals surface area contributed by atoms with Gasteiger partial charge in [0.2, 0.25) is 11.8 Å². The Hall–Kier alpha value is -2.64. The van der Waals surface area contributed by atoms with Crippen LogP contribution in [0.5, 0.6) is 0 Å². The lowest BCUT2D eigenvalue weighted by molar-refractivity contribution is -0.384. The van der Waals surface area contributed by atoms with Gasteiger partial charge in [0, 0.05) is 18.2 Å². The molecule has 2 amide bonds. The Labute approximate surface area is 121 Å². The number of hydrogen-bond acceptors (Lipinski definition) is 5. The van der Waals surface area contributed by atoms with Crippen LogP contribution >= 0.6 is 0 Å². The smallest absolute Gasteiger partial charge is 0.292 e. The molecule has 21 heavy (non-hydrogen) atoms. The van der Waals surface area contributed by atoms with Gasteiger partial charge in [-0.2, -0.15) is 0 Å². The molecule has 0 bridgehead atoms. The highest BCUT2D eigenvalue weighted by molar-refractivity contribution is 5.95. The normalized spacial score (nSPS) is 11.5. The molecule has 1 aromatic carbocycles. The van der Waals surface area contributed by atoms with Crippen molar-refractivity contribution in [3.05, 3.63) is 33.9 Å². The van der Waals surface area contributed by atoms with Crippen LogP contribution in [0, 0.1) is 10.1 Å². The number of anilines is 1. The number of nitro benzene ring substituents is 1. The molecule has 0 aliphatic rings. The van der Waals surface area contributed by atoms with Gasteiger partial charge < -0.3 is 16.4 Å². The Morgan fingerprint density at radius 3 is 2.62 bits per heavy atom. The van der Waals surface area contributed by atoms with Crippen molar-refractivity contribution in [1.29, 1.82) is 0 Å². The number of benzene rings is 1. The number of nitro groups is 1. The van der Waals surface area contributed by atoms with Crippen molar-refractivity contribution in [2.24, 2.45) is 5.73 Å². The third kappa shape index (κ3) is 4.44. The number of primary amides is 1. The highest BCUT2D eigenvalue weighted by Crippen LogP contribution is 2.26. The maximum absolute atomic E-state index is 11.8.